The maximum Gasteiger partial charge on any atom is 0.339 e. The van der Waals surface area contributed by atoms with Crippen molar-refractivity contribution in [2.75, 3.05) is 0 Å². The normalized spacial score (nSPS) is 10.6. The molecule has 0 aliphatic rings. The van der Waals surface area contributed by atoms with Crippen LogP contribution in [0.2, 0.25) is 0 Å². The van der Waals surface area contributed by atoms with Crippen LogP contribution in [-0.4, -0.2) is 0 Å². The minimum absolute atomic E-state index is 0.248. The van der Waals surface area contributed by atoms with Crippen LogP contribution in [0.25, 0.3) is 11.0 Å². The predicted molar refractivity (Wildman–Crippen MR) is 52.0 cm³/mol. The molecular formula is C11H10O2. The molecule has 0 saturated heterocycles. The van der Waals surface area contributed by atoms with Crippen LogP contribution in [0.5, 0.6) is 0 Å². The lowest BCUT2D eigenvalue weighted by atomic mass is 10.1. The second-order valence-corrected chi connectivity index (χ2v) is 3.21. The average Bonchev–Trinajstić information content (AvgIpc) is 2.09. The van der Waals surface area contributed by atoms with Gasteiger partial charge >= 0.3 is 5.63 Å². The van der Waals surface area contributed by atoms with E-state index in [9.17, 15) is 4.79 Å². The SMILES string of the molecule is Cc1cc2cccc(C)c2oc1=O. The molecule has 0 spiro atoms. The molecule has 0 amide bonds. The molecule has 2 aromatic rings. The first-order valence-corrected chi connectivity index (χ1v) is 4.18. The maximum absolute atomic E-state index is 11.2. The fourth-order valence-electron chi connectivity index (χ4n) is 1.39. The summed E-state index contributed by atoms with van der Waals surface area (Å²) in [5, 5.41) is 0.983. The molecule has 0 unspecified atom stereocenters. The molecule has 0 atom stereocenters. The Hall–Kier alpha value is -1.57. The molecule has 2 heteroatoms. The van der Waals surface area contributed by atoms with Crippen LogP contribution in [0.4, 0.5) is 0 Å². The Labute approximate surface area is 75.8 Å². The van der Waals surface area contributed by atoms with Crippen LogP contribution in [0.1, 0.15) is 11.1 Å². The number of benzene rings is 1. The fraction of sp³-hybridized carbons (Fsp3) is 0.182. The summed E-state index contributed by atoms with van der Waals surface area (Å²) in [4.78, 5) is 11.2. The molecule has 0 fully saturated rings. The van der Waals surface area contributed by atoms with Gasteiger partial charge in [0.15, 0.2) is 0 Å². The quantitative estimate of drug-likeness (QED) is 0.574. The molecule has 0 N–H and O–H groups in total. The van der Waals surface area contributed by atoms with Crippen molar-refractivity contribution in [2.45, 2.75) is 13.8 Å². The maximum atomic E-state index is 11.2. The van der Waals surface area contributed by atoms with E-state index in [1.807, 2.05) is 31.2 Å². The summed E-state index contributed by atoms with van der Waals surface area (Å²) in [6.45, 7) is 3.69. The van der Waals surface area contributed by atoms with Gasteiger partial charge in [-0.15, -0.1) is 0 Å². The van der Waals surface area contributed by atoms with E-state index in [0.29, 0.717) is 11.1 Å². The molecule has 0 radical (unpaired) electrons. The van der Waals surface area contributed by atoms with Crippen molar-refractivity contribution >= 4 is 11.0 Å². The first-order chi connectivity index (χ1) is 6.18. The van der Waals surface area contributed by atoms with Crippen LogP contribution in [0.3, 0.4) is 0 Å². The molecule has 1 aromatic carbocycles. The molecule has 0 aliphatic heterocycles. The van der Waals surface area contributed by atoms with E-state index in [-0.39, 0.29) is 5.63 Å². The highest BCUT2D eigenvalue weighted by molar-refractivity contribution is 5.79. The van der Waals surface area contributed by atoms with Gasteiger partial charge in [0.25, 0.3) is 0 Å². The first-order valence-electron chi connectivity index (χ1n) is 4.18. The van der Waals surface area contributed by atoms with Crippen LogP contribution in [-0.2, 0) is 0 Å². The molecule has 0 saturated carbocycles. The third kappa shape index (κ3) is 1.24. The predicted octanol–water partition coefficient (Wildman–Crippen LogP) is 2.41. The van der Waals surface area contributed by atoms with Crippen molar-refractivity contribution in [3.05, 3.63) is 45.8 Å². The van der Waals surface area contributed by atoms with Gasteiger partial charge in [0.1, 0.15) is 5.58 Å². The van der Waals surface area contributed by atoms with Crippen molar-refractivity contribution in [1.29, 1.82) is 0 Å². The van der Waals surface area contributed by atoms with E-state index >= 15 is 0 Å². The third-order valence-corrected chi connectivity index (χ3v) is 2.13. The topological polar surface area (TPSA) is 30.2 Å². The van der Waals surface area contributed by atoms with Gasteiger partial charge < -0.3 is 4.42 Å². The van der Waals surface area contributed by atoms with E-state index in [1.54, 1.807) is 6.92 Å². The van der Waals surface area contributed by atoms with Crippen molar-refractivity contribution in [3.63, 3.8) is 0 Å². The van der Waals surface area contributed by atoms with Crippen LogP contribution >= 0.6 is 0 Å². The smallest absolute Gasteiger partial charge is 0.339 e. The van der Waals surface area contributed by atoms with Crippen molar-refractivity contribution in [2.24, 2.45) is 0 Å². The highest BCUT2D eigenvalue weighted by Gasteiger charge is 2.02. The van der Waals surface area contributed by atoms with Gasteiger partial charge in [-0.3, -0.25) is 0 Å². The van der Waals surface area contributed by atoms with E-state index < -0.39 is 0 Å². The zero-order valence-corrected chi connectivity index (χ0v) is 7.63. The Morgan fingerprint density at radius 2 is 1.92 bits per heavy atom. The lowest BCUT2D eigenvalue weighted by Gasteiger charge is -1.99. The second kappa shape index (κ2) is 2.73. The van der Waals surface area contributed by atoms with Gasteiger partial charge in [-0.25, -0.2) is 4.79 Å². The van der Waals surface area contributed by atoms with Gasteiger partial charge in [-0.2, -0.15) is 0 Å². The highest BCUT2D eigenvalue weighted by Crippen LogP contribution is 2.16. The van der Waals surface area contributed by atoms with Crippen molar-refractivity contribution in [1.82, 2.24) is 0 Å². The molecule has 2 rings (SSSR count). The van der Waals surface area contributed by atoms with Gasteiger partial charge in [0, 0.05) is 10.9 Å². The molecular weight excluding hydrogens is 164 g/mol. The molecule has 1 heterocycles. The molecule has 1 aromatic heterocycles. The van der Waals surface area contributed by atoms with Gasteiger partial charge in [0.05, 0.1) is 0 Å². The lowest BCUT2D eigenvalue weighted by molar-refractivity contribution is 0.553. The van der Waals surface area contributed by atoms with E-state index in [4.69, 9.17) is 4.42 Å². The number of rotatable bonds is 0. The summed E-state index contributed by atoms with van der Waals surface area (Å²) in [6.07, 6.45) is 0. The Kier molecular flexibility index (Phi) is 1.69. The molecule has 13 heavy (non-hydrogen) atoms. The molecule has 66 valence electrons. The summed E-state index contributed by atoms with van der Waals surface area (Å²) in [5.41, 5.74) is 2.09. The minimum Gasteiger partial charge on any atom is -0.422 e. The van der Waals surface area contributed by atoms with Crippen LogP contribution in [0, 0.1) is 13.8 Å². The monoisotopic (exact) mass is 174 g/mol. The van der Waals surface area contributed by atoms with Gasteiger partial charge in [-0.05, 0) is 25.5 Å². The molecule has 0 bridgehead atoms. The van der Waals surface area contributed by atoms with Crippen molar-refractivity contribution in [3.8, 4) is 0 Å². The summed E-state index contributed by atoms with van der Waals surface area (Å²) in [5.74, 6) is 0. The number of aryl methyl sites for hydroxylation is 2. The van der Waals surface area contributed by atoms with Crippen molar-refractivity contribution < 1.29 is 4.42 Å². The fourth-order valence-corrected chi connectivity index (χ4v) is 1.39. The number of para-hydroxylation sites is 1. The van der Waals surface area contributed by atoms with E-state index in [1.165, 1.54) is 0 Å². The highest BCUT2D eigenvalue weighted by atomic mass is 16.4. The number of hydrogen-bond donors (Lipinski definition) is 0. The molecule has 2 nitrogen and oxygen atoms in total. The standard InChI is InChI=1S/C11H10O2/c1-7-4-3-5-9-6-8(2)11(12)13-10(7)9/h3-6H,1-2H3. The summed E-state index contributed by atoms with van der Waals surface area (Å²) in [6, 6.07) is 7.68. The second-order valence-electron chi connectivity index (χ2n) is 3.21. The molecule has 0 aliphatic carbocycles. The zero-order valence-electron chi connectivity index (χ0n) is 7.63. The zero-order chi connectivity index (χ0) is 9.42. The van der Waals surface area contributed by atoms with E-state index in [2.05, 4.69) is 0 Å². The minimum atomic E-state index is -0.248. The Balaban J connectivity index is 2.97. The Morgan fingerprint density at radius 1 is 1.15 bits per heavy atom. The summed E-state index contributed by atoms with van der Waals surface area (Å²) >= 11 is 0. The third-order valence-electron chi connectivity index (χ3n) is 2.13. The van der Waals surface area contributed by atoms with Gasteiger partial charge in [-0.1, -0.05) is 18.2 Å². The summed E-state index contributed by atoms with van der Waals surface area (Å²) in [7, 11) is 0. The first kappa shape index (κ1) is 8.05. The lowest BCUT2D eigenvalue weighted by Crippen LogP contribution is -2.02. The Morgan fingerprint density at radius 3 is 2.69 bits per heavy atom. The Bertz CT molecular complexity index is 509. The van der Waals surface area contributed by atoms with E-state index in [0.717, 1.165) is 10.9 Å². The van der Waals surface area contributed by atoms with Crippen LogP contribution in [0.15, 0.2) is 33.5 Å². The largest absolute Gasteiger partial charge is 0.422 e. The number of fused-ring (bicyclic) bond motifs is 1. The average molecular weight is 174 g/mol. The van der Waals surface area contributed by atoms with Gasteiger partial charge in [0.2, 0.25) is 0 Å². The van der Waals surface area contributed by atoms with Crippen LogP contribution < -0.4 is 5.63 Å². The number of hydrogen-bond acceptors (Lipinski definition) is 2. The summed E-state index contributed by atoms with van der Waals surface area (Å²) < 4.78 is 5.17.